The first-order chi connectivity index (χ1) is 8.79. The Balaban J connectivity index is 2.11. The van der Waals surface area contributed by atoms with Gasteiger partial charge in [0, 0.05) is 12.6 Å². The maximum absolute atomic E-state index is 11.0. The van der Waals surface area contributed by atoms with Crippen molar-refractivity contribution >= 4 is 6.29 Å². The second kappa shape index (κ2) is 4.29. The molecule has 0 spiro atoms. The minimum atomic E-state index is 0.620. The molecule has 1 aliphatic heterocycles. The number of aromatic nitrogens is 2. The monoisotopic (exact) mass is 242 g/mol. The molecule has 4 nitrogen and oxygen atoms in total. The average molecular weight is 242 g/mol. The van der Waals surface area contributed by atoms with E-state index >= 15 is 0 Å². The van der Waals surface area contributed by atoms with E-state index in [2.05, 4.69) is 11.2 Å². The van der Waals surface area contributed by atoms with Crippen LogP contribution in [-0.4, -0.2) is 22.7 Å². The fourth-order valence-corrected chi connectivity index (χ4v) is 2.40. The van der Waals surface area contributed by atoms with Gasteiger partial charge >= 0.3 is 0 Å². The third-order valence-electron chi connectivity index (χ3n) is 3.28. The van der Waals surface area contributed by atoms with Gasteiger partial charge in [-0.15, -0.1) is 0 Å². The molecule has 0 radical (unpaired) electrons. The molecule has 0 N–H and O–H groups in total. The van der Waals surface area contributed by atoms with Crippen LogP contribution in [0.2, 0.25) is 0 Å². The summed E-state index contributed by atoms with van der Waals surface area (Å²) in [6.07, 6.45) is 4.51. The molecule has 3 rings (SSSR count). The van der Waals surface area contributed by atoms with Gasteiger partial charge in [-0.1, -0.05) is 0 Å². The maximum atomic E-state index is 11.0. The molecule has 0 saturated carbocycles. The van der Waals surface area contributed by atoms with Gasteiger partial charge in [-0.25, -0.2) is 0 Å². The Morgan fingerprint density at radius 1 is 1.44 bits per heavy atom. The minimum Gasteiger partial charge on any atom is -0.493 e. The summed E-state index contributed by atoms with van der Waals surface area (Å²) in [4.78, 5) is 11.0. The van der Waals surface area contributed by atoms with Crippen LogP contribution in [-0.2, 0) is 13.5 Å². The summed E-state index contributed by atoms with van der Waals surface area (Å²) in [7, 11) is 1.85. The van der Waals surface area contributed by atoms with Crippen LogP contribution in [0.15, 0.2) is 24.4 Å². The van der Waals surface area contributed by atoms with Gasteiger partial charge in [0.05, 0.1) is 24.1 Å². The van der Waals surface area contributed by atoms with E-state index in [4.69, 9.17) is 4.74 Å². The first-order valence-corrected chi connectivity index (χ1v) is 6.03. The van der Waals surface area contributed by atoms with Crippen molar-refractivity contribution in [3.63, 3.8) is 0 Å². The number of hydrogen-bond acceptors (Lipinski definition) is 3. The zero-order valence-electron chi connectivity index (χ0n) is 10.2. The Morgan fingerprint density at radius 2 is 2.33 bits per heavy atom. The Bertz CT molecular complexity index is 602. The fourth-order valence-electron chi connectivity index (χ4n) is 2.40. The van der Waals surface area contributed by atoms with Gasteiger partial charge in [-0.05, 0) is 36.6 Å². The van der Waals surface area contributed by atoms with E-state index in [0.717, 1.165) is 42.7 Å². The van der Waals surface area contributed by atoms with E-state index in [1.54, 1.807) is 10.9 Å². The summed E-state index contributed by atoms with van der Waals surface area (Å²) in [6, 6.07) is 6.05. The summed E-state index contributed by atoms with van der Waals surface area (Å²) >= 11 is 0. The molecule has 1 aromatic heterocycles. The highest BCUT2D eigenvalue weighted by Gasteiger charge is 2.15. The molecule has 1 aliphatic rings. The summed E-state index contributed by atoms with van der Waals surface area (Å²) in [5, 5.41) is 4.13. The summed E-state index contributed by atoms with van der Waals surface area (Å²) in [6.45, 7) is 0.789. The van der Waals surface area contributed by atoms with E-state index < -0.39 is 0 Å². The Kier molecular flexibility index (Phi) is 2.63. The largest absolute Gasteiger partial charge is 0.493 e. The van der Waals surface area contributed by atoms with Crippen molar-refractivity contribution in [3.05, 3.63) is 35.5 Å². The standard InChI is InChI=1S/C14H14N2O2/c1-16-14(12(9-17)8-15-16)11-4-5-13-10(7-11)3-2-6-18-13/h4-5,7-9H,2-3,6H2,1H3. The zero-order valence-corrected chi connectivity index (χ0v) is 10.2. The lowest BCUT2D eigenvalue weighted by Gasteiger charge is -2.18. The topological polar surface area (TPSA) is 44.1 Å². The first kappa shape index (κ1) is 11.0. The highest BCUT2D eigenvalue weighted by atomic mass is 16.5. The molecule has 92 valence electrons. The molecule has 0 aliphatic carbocycles. The highest BCUT2D eigenvalue weighted by molar-refractivity contribution is 5.85. The van der Waals surface area contributed by atoms with E-state index in [1.165, 1.54) is 5.56 Å². The minimum absolute atomic E-state index is 0.620. The molecule has 0 bridgehead atoms. The van der Waals surface area contributed by atoms with Gasteiger partial charge in [0.25, 0.3) is 0 Å². The molecule has 2 heterocycles. The van der Waals surface area contributed by atoms with Crippen LogP contribution in [0.5, 0.6) is 5.75 Å². The SMILES string of the molecule is Cn1ncc(C=O)c1-c1ccc2c(c1)CCCO2. The highest BCUT2D eigenvalue weighted by Crippen LogP contribution is 2.30. The van der Waals surface area contributed by atoms with Crippen LogP contribution in [0.25, 0.3) is 11.3 Å². The van der Waals surface area contributed by atoms with Crippen LogP contribution < -0.4 is 4.74 Å². The normalized spacial score (nSPS) is 13.8. The molecule has 2 aromatic rings. The van der Waals surface area contributed by atoms with Gasteiger partial charge in [-0.3, -0.25) is 9.48 Å². The molecular weight excluding hydrogens is 228 g/mol. The van der Waals surface area contributed by atoms with Crippen molar-refractivity contribution in [3.8, 4) is 17.0 Å². The quantitative estimate of drug-likeness (QED) is 0.758. The van der Waals surface area contributed by atoms with E-state index in [9.17, 15) is 4.79 Å². The third kappa shape index (κ3) is 1.70. The second-order valence-corrected chi connectivity index (χ2v) is 4.46. The van der Waals surface area contributed by atoms with Crippen LogP contribution in [0.3, 0.4) is 0 Å². The first-order valence-electron chi connectivity index (χ1n) is 6.03. The fraction of sp³-hybridized carbons (Fsp3) is 0.286. The molecule has 18 heavy (non-hydrogen) atoms. The Labute approximate surface area is 105 Å². The van der Waals surface area contributed by atoms with Gasteiger partial charge in [0.2, 0.25) is 0 Å². The number of carbonyl (C=O) groups is 1. The lowest BCUT2D eigenvalue weighted by atomic mass is 10.0. The third-order valence-corrected chi connectivity index (χ3v) is 3.28. The summed E-state index contributed by atoms with van der Waals surface area (Å²) < 4.78 is 7.32. The van der Waals surface area contributed by atoms with Gasteiger partial charge < -0.3 is 4.74 Å². The second-order valence-electron chi connectivity index (χ2n) is 4.46. The lowest BCUT2D eigenvalue weighted by molar-refractivity contribution is 0.112. The predicted octanol–water partition coefficient (Wildman–Crippen LogP) is 2.22. The predicted molar refractivity (Wildman–Crippen MR) is 67.8 cm³/mol. The number of aldehydes is 1. The number of fused-ring (bicyclic) bond motifs is 1. The van der Waals surface area contributed by atoms with E-state index in [1.807, 2.05) is 19.2 Å². The smallest absolute Gasteiger partial charge is 0.153 e. The average Bonchev–Trinajstić information content (AvgIpc) is 2.79. The van der Waals surface area contributed by atoms with E-state index in [0.29, 0.717) is 5.56 Å². The van der Waals surface area contributed by atoms with Gasteiger partial charge in [0.15, 0.2) is 6.29 Å². The Hall–Kier alpha value is -2.10. The van der Waals surface area contributed by atoms with E-state index in [-0.39, 0.29) is 0 Å². The van der Waals surface area contributed by atoms with Crippen LogP contribution >= 0.6 is 0 Å². The van der Waals surface area contributed by atoms with Crippen molar-refractivity contribution in [1.29, 1.82) is 0 Å². The number of ether oxygens (including phenoxy) is 1. The van der Waals surface area contributed by atoms with Crippen molar-refractivity contribution < 1.29 is 9.53 Å². The zero-order chi connectivity index (χ0) is 12.5. The number of carbonyl (C=O) groups excluding carboxylic acids is 1. The summed E-state index contributed by atoms with van der Waals surface area (Å²) in [5.41, 5.74) is 3.70. The number of nitrogens with zero attached hydrogens (tertiary/aromatic N) is 2. The van der Waals surface area contributed by atoms with Crippen LogP contribution in [0, 0.1) is 0 Å². The van der Waals surface area contributed by atoms with Gasteiger partial charge in [-0.2, -0.15) is 5.10 Å². The number of benzene rings is 1. The van der Waals surface area contributed by atoms with Crippen molar-refractivity contribution in [1.82, 2.24) is 9.78 Å². The van der Waals surface area contributed by atoms with Crippen molar-refractivity contribution in [2.75, 3.05) is 6.61 Å². The molecule has 0 saturated heterocycles. The number of rotatable bonds is 2. The van der Waals surface area contributed by atoms with Gasteiger partial charge in [0.1, 0.15) is 5.75 Å². The van der Waals surface area contributed by atoms with Crippen molar-refractivity contribution in [2.45, 2.75) is 12.8 Å². The number of hydrogen-bond donors (Lipinski definition) is 0. The molecule has 0 amide bonds. The molecular formula is C14H14N2O2. The molecule has 4 heteroatoms. The van der Waals surface area contributed by atoms with Crippen LogP contribution in [0.1, 0.15) is 22.3 Å². The number of aryl methyl sites for hydroxylation is 2. The molecule has 0 fully saturated rings. The molecule has 1 aromatic carbocycles. The summed E-state index contributed by atoms with van der Waals surface area (Å²) in [5.74, 6) is 0.958. The molecule has 0 atom stereocenters. The molecule has 0 unspecified atom stereocenters. The maximum Gasteiger partial charge on any atom is 0.153 e. The van der Waals surface area contributed by atoms with Crippen LogP contribution in [0.4, 0.5) is 0 Å². The Morgan fingerprint density at radius 3 is 3.17 bits per heavy atom. The lowest BCUT2D eigenvalue weighted by Crippen LogP contribution is -2.08. The van der Waals surface area contributed by atoms with Crippen molar-refractivity contribution in [2.24, 2.45) is 7.05 Å².